The topological polar surface area (TPSA) is 56.7 Å². The first-order valence-electron chi connectivity index (χ1n) is 7.87. The molecule has 4 rings (SSSR count). The van der Waals surface area contributed by atoms with E-state index in [1.54, 1.807) is 12.7 Å². The van der Waals surface area contributed by atoms with Crippen molar-refractivity contribution in [1.82, 2.24) is 19.7 Å². The zero-order valence-corrected chi connectivity index (χ0v) is 13.9. The Hall–Kier alpha value is -2.95. The summed E-state index contributed by atoms with van der Waals surface area (Å²) < 4.78 is 7.79. The number of fused-ring (bicyclic) bond motifs is 1. The highest BCUT2D eigenvalue weighted by Gasteiger charge is 2.14. The maximum atomic E-state index is 5.95. The first-order chi connectivity index (χ1) is 11.5. The first-order valence-corrected chi connectivity index (χ1v) is 7.87. The van der Waals surface area contributed by atoms with E-state index in [1.807, 2.05) is 22.8 Å². The van der Waals surface area contributed by atoms with Gasteiger partial charge in [-0.2, -0.15) is 0 Å². The summed E-state index contributed by atoms with van der Waals surface area (Å²) in [4.78, 5) is 4.59. The number of aromatic nitrogens is 4. The third-order valence-electron chi connectivity index (χ3n) is 4.09. The summed E-state index contributed by atoms with van der Waals surface area (Å²) in [6, 6.07) is 14.2. The maximum absolute atomic E-state index is 5.95. The van der Waals surface area contributed by atoms with Gasteiger partial charge in [0.2, 0.25) is 5.89 Å². The lowest BCUT2D eigenvalue weighted by Gasteiger charge is -2.18. The predicted molar refractivity (Wildman–Crippen MR) is 93.1 cm³/mol. The van der Waals surface area contributed by atoms with E-state index in [-0.39, 0.29) is 5.41 Å². The molecule has 0 N–H and O–H groups in total. The molecular weight excluding hydrogens is 300 g/mol. The molecule has 0 radical (unpaired) electrons. The van der Waals surface area contributed by atoms with Crippen LogP contribution in [-0.2, 0) is 5.41 Å². The van der Waals surface area contributed by atoms with Crippen molar-refractivity contribution >= 4 is 11.1 Å². The normalized spacial score (nSPS) is 12.0. The highest BCUT2D eigenvalue weighted by Crippen LogP contribution is 2.28. The van der Waals surface area contributed by atoms with E-state index >= 15 is 0 Å². The summed E-state index contributed by atoms with van der Waals surface area (Å²) >= 11 is 0. The van der Waals surface area contributed by atoms with Crippen LogP contribution in [0.25, 0.3) is 28.2 Å². The molecule has 2 aromatic carbocycles. The fraction of sp³-hybridized carbons (Fsp3) is 0.211. The van der Waals surface area contributed by atoms with Gasteiger partial charge in [-0.1, -0.05) is 32.9 Å². The minimum Gasteiger partial charge on any atom is -0.436 e. The highest BCUT2D eigenvalue weighted by atomic mass is 16.3. The Labute approximate surface area is 140 Å². The summed E-state index contributed by atoms with van der Waals surface area (Å²) in [5.41, 5.74) is 4.92. The fourth-order valence-electron chi connectivity index (χ4n) is 2.64. The van der Waals surface area contributed by atoms with Gasteiger partial charge in [-0.05, 0) is 35.2 Å². The largest absolute Gasteiger partial charge is 0.436 e. The van der Waals surface area contributed by atoms with Crippen molar-refractivity contribution in [2.75, 3.05) is 0 Å². The van der Waals surface area contributed by atoms with E-state index in [9.17, 15) is 0 Å². The summed E-state index contributed by atoms with van der Waals surface area (Å²) in [7, 11) is 0. The molecule has 120 valence electrons. The zero-order valence-electron chi connectivity index (χ0n) is 13.9. The molecule has 0 amide bonds. The lowest BCUT2D eigenvalue weighted by atomic mass is 9.87. The van der Waals surface area contributed by atoms with Crippen LogP contribution < -0.4 is 0 Å². The van der Waals surface area contributed by atoms with Gasteiger partial charge < -0.3 is 4.42 Å². The number of hydrogen-bond donors (Lipinski definition) is 0. The van der Waals surface area contributed by atoms with Gasteiger partial charge in [0.1, 0.15) is 18.2 Å². The minimum atomic E-state index is 0.133. The second kappa shape index (κ2) is 5.30. The van der Waals surface area contributed by atoms with Crippen molar-refractivity contribution in [2.45, 2.75) is 26.2 Å². The Kier molecular flexibility index (Phi) is 3.23. The average molecular weight is 318 g/mol. The monoisotopic (exact) mass is 318 g/mol. The van der Waals surface area contributed by atoms with Gasteiger partial charge in [0, 0.05) is 11.6 Å². The van der Waals surface area contributed by atoms with Crippen LogP contribution in [0.15, 0.2) is 59.5 Å². The average Bonchev–Trinajstić information content (AvgIpc) is 3.23. The van der Waals surface area contributed by atoms with E-state index in [4.69, 9.17) is 4.42 Å². The van der Waals surface area contributed by atoms with Crippen LogP contribution in [-0.4, -0.2) is 19.7 Å². The molecule has 0 aliphatic heterocycles. The Balaban J connectivity index is 1.72. The molecular formula is C19H18N4O. The molecule has 0 saturated carbocycles. The first kappa shape index (κ1) is 14.6. The van der Waals surface area contributed by atoms with Crippen LogP contribution in [0.4, 0.5) is 0 Å². The maximum Gasteiger partial charge on any atom is 0.227 e. The van der Waals surface area contributed by atoms with E-state index in [1.165, 1.54) is 5.56 Å². The van der Waals surface area contributed by atoms with Crippen LogP contribution in [0.5, 0.6) is 0 Å². The van der Waals surface area contributed by atoms with Gasteiger partial charge in [-0.3, -0.25) is 4.57 Å². The zero-order chi connectivity index (χ0) is 16.7. The number of nitrogens with zero attached hydrogens (tertiary/aromatic N) is 4. The van der Waals surface area contributed by atoms with Gasteiger partial charge in [0.05, 0.1) is 5.69 Å². The molecule has 0 saturated heterocycles. The van der Waals surface area contributed by atoms with Crippen molar-refractivity contribution in [3.63, 3.8) is 0 Å². The molecule has 2 heterocycles. The number of hydrogen-bond acceptors (Lipinski definition) is 4. The summed E-state index contributed by atoms with van der Waals surface area (Å²) in [6.07, 6.45) is 3.31. The molecule has 0 aliphatic rings. The molecule has 0 spiro atoms. The Morgan fingerprint density at radius 3 is 2.29 bits per heavy atom. The van der Waals surface area contributed by atoms with E-state index < -0.39 is 0 Å². The van der Waals surface area contributed by atoms with E-state index in [0.29, 0.717) is 5.89 Å². The van der Waals surface area contributed by atoms with E-state index in [2.05, 4.69) is 60.2 Å². The summed E-state index contributed by atoms with van der Waals surface area (Å²) in [6.45, 7) is 6.61. The second-order valence-corrected chi connectivity index (χ2v) is 6.87. The quantitative estimate of drug-likeness (QED) is 0.550. The Bertz CT molecular complexity index is 977. The standard InChI is InChI=1S/C19H18N4O/c1-19(2,3)14-6-4-13(5-7-14)18-22-16-9-8-15(10-17(16)24-18)23-11-20-21-12-23/h4-12H,1-3H3. The van der Waals surface area contributed by atoms with Crippen LogP contribution in [0.3, 0.4) is 0 Å². The Morgan fingerprint density at radius 1 is 0.917 bits per heavy atom. The Morgan fingerprint density at radius 2 is 1.62 bits per heavy atom. The second-order valence-electron chi connectivity index (χ2n) is 6.87. The lowest BCUT2D eigenvalue weighted by Crippen LogP contribution is -2.10. The third kappa shape index (κ3) is 2.58. The van der Waals surface area contributed by atoms with Crippen LogP contribution in [0.2, 0.25) is 0 Å². The van der Waals surface area contributed by atoms with Crippen LogP contribution >= 0.6 is 0 Å². The van der Waals surface area contributed by atoms with Gasteiger partial charge >= 0.3 is 0 Å². The molecule has 2 aromatic heterocycles. The molecule has 5 nitrogen and oxygen atoms in total. The van der Waals surface area contributed by atoms with Crippen molar-refractivity contribution in [2.24, 2.45) is 0 Å². The lowest BCUT2D eigenvalue weighted by molar-refractivity contribution is 0.589. The molecule has 0 bridgehead atoms. The number of oxazole rings is 1. The van der Waals surface area contributed by atoms with Gasteiger partial charge in [0.15, 0.2) is 5.58 Å². The fourth-order valence-corrected chi connectivity index (χ4v) is 2.64. The molecule has 0 fully saturated rings. The molecule has 5 heteroatoms. The molecule has 0 atom stereocenters. The summed E-state index contributed by atoms with van der Waals surface area (Å²) in [5.74, 6) is 0.631. The van der Waals surface area contributed by atoms with Gasteiger partial charge in [-0.25, -0.2) is 4.98 Å². The molecule has 24 heavy (non-hydrogen) atoms. The van der Waals surface area contributed by atoms with Gasteiger partial charge in [0.25, 0.3) is 0 Å². The van der Waals surface area contributed by atoms with E-state index in [0.717, 1.165) is 22.4 Å². The smallest absolute Gasteiger partial charge is 0.227 e. The summed E-state index contributed by atoms with van der Waals surface area (Å²) in [5, 5.41) is 7.65. The van der Waals surface area contributed by atoms with Crippen molar-refractivity contribution in [3.8, 4) is 17.1 Å². The van der Waals surface area contributed by atoms with Crippen molar-refractivity contribution < 1.29 is 4.42 Å². The predicted octanol–water partition coefficient (Wildman–Crippen LogP) is 4.37. The van der Waals surface area contributed by atoms with Crippen molar-refractivity contribution in [1.29, 1.82) is 0 Å². The molecule has 0 unspecified atom stereocenters. The van der Waals surface area contributed by atoms with Crippen LogP contribution in [0, 0.1) is 0 Å². The number of benzene rings is 2. The van der Waals surface area contributed by atoms with Crippen LogP contribution in [0.1, 0.15) is 26.3 Å². The SMILES string of the molecule is CC(C)(C)c1ccc(-c2nc3ccc(-n4cnnc4)cc3o2)cc1. The molecule has 0 aliphatic carbocycles. The highest BCUT2D eigenvalue weighted by molar-refractivity contribution is 5.78. The molecule has 4 aromatic rings. The third-order valence-corrected chi connectivity index (χ3v) is 4.09. The minimum absolute atomic E-state index is 0.133. The van der Waals surface area contributed by atoms with Crippen molar-refractivity contribution in [3.05, 3.63) is 60.7 Å². The van der Waals surface area contributed by atoms with Gasteiger partial charge in [-0.15, -0.1) is 10.2 Å². The number of rotatable bonds is 2.